The lowest BCUT2D eigenvalue weighted by molar-refractivity contribution is -0.123. The fourth-order valence-corrected chi connectivity index (χ4v) is 2.40. The Kier molecular flexibility index (Phi) is 5.50. The molecular weight excluding hydrogens is 397 g/mol. The molecular formula is C14H10BrCl2NO4. The van der Waals surface area contributed by atoms with Crippen LogP contribution in [0.1, 0.15) is 17.5 Å². The molecule has 1 amide bonds. The lowest BCUT2D eigenvalue weighted by atomic mass is 10.3. The van der Waals surface area contributed by atoms with Gasteiger partial charge in [-0.1, -0.05) is 23.2 Å². The van der Waals surface area contributed by atoms with E-state index in [0.29, 0.717) is 20.4 Å². The summed E-state index contributed by atoms with van der Waals surface area (Å²) in [5.41, 5.74) is 0.408. The number of nitrogens with one attached hydrogen (secondary N) is 1. The van der Waals surface area contributed by atoms with Crippen LogP contribution in [-0.4, -0.2) is 18.0 Å². The molecule has 1 aromatic heterocycles. The number of furan rings is 1. The Morgan fingerprint density at radius 1 is 1.23 bits per heavy atom. The molecule has 0 aliphatic rings. The molecule has 1 unspecified atom stereocenters. The van der Waals surface area contributed by atoms with Gasteiger partial charge in [0.1, 0.15) is 0 Å². The number of benzene rings is 1. The first-order valence-electron chi connectivity index (χ1n) is 6.08. The first kappa shape index (κ1) is 16.9. The van der Waals surface area contributed by atoms with E-state index in [1.54, 1.807) is 6.07 Å². The van der Waals surface area contributed by atoms with Crippen LogP contribution in [0.2, 0.25) is 10.0 Å². The van der Waals surface area contributed by atoms with Crippen LogP contribution in [0.4, 0.5) is 5.69 Å². The largest absolute Gasteiger partial charge is 0.447 e. The average molecular weight is 407 g/mol. The van der Waals surface area contributed by atoms with Gasteiger partial charge in [-0.2, -0.15) is 0 Å². The zero-order valence-electron chi connectivity index (χ0n) is 11.2. The van der Waals surface area contributed by atoms with E-state index in [2.05, 4.69) is 21.2 Å². The highest BCUT2D eigenvalue weighted by atomic mass is 79.9. The van der Waals surface area contributed by atoms with Crippen LogP contribution in [0.5, 0.6) is 0 Å². The fraction of sp³-hybridized carbons (Fsp3) is 0.143. The van der Waals surface area contributed by atoms with Crippen molar-refractivity contribution in [3.05, 3.63) is 50.8 Å². The number of amides is 1. The van der Waals surface area contributed by atoms with Gasteiger partial charge in [-0.3, -0.25) is 4.79 Å². The highest BCUT2D eigenvalue weighted by molar-refractivity contribution is 9.10. The summed E-state index contributed by atoms with van der Waals surface area (Å²) in [4.78, 5) is 23.8. The Balaban J connectivity index is 1.98. The number of halogens is 3. The molecule has 0 saturated heterocycles. The first-order valence-corrected chi connectivity index (χ1v) is 7.63. The van der Waals surface area contributed by atoms with Crippen LogP contribution in [0.15, 0.2) is 39.4 Å². The number of carbonyl (C=O) groups is 2. The summed E-state index contributed by atoms with van der Waals surface area (Å²) in [5.74, 6) is -1.26. The zero-order valence-corrected chi connectivity index (χ0v) is 14.3. The molecule has 2 rings (SSSR count). The third kappa shape index (κ3) is 4.50. The predicted molar refractivity (Wildman–Crippen MR) is 86.4 cm³/mol. The van der Waals surface area contributed by atoms with Crippen LogP contribution in [-0.2, 0) is 9.53 Å². The van der Waals surface area contributed by atoms with Gasteiger partial charge in [0.05, 0.1) is 0 Å². The van der Waals surface area contributed by atoms with Gasteiger partial charge in [-0.25, -0.2) is 4.79 Å². The third-order valence-corrected chi connectivity index (χ3v) is 3.42. The molecule has 8 heteroatoms. The molecule has 116 valence electrons. The summed E-state index contributed by atoms with van der Waals surface area (Å²) >= 11 is 14.8. The molecule has 0 aliphatic heterocycles. The van der Waals surface area contributed by atoms with Crippen molar-refractivity contribution in [3.8, 4) is 0 Å². The van der Waals surface area contributed by atoms with Gasteiger partial charge < -0.3 is 14.5 Å². The highest BCUT2D eigenvalue weighted by Gasteiger charge is 2.21. The number of carbonyl (C=O) groups excluding carboxylic acids is 2. The Morgan fingerprint density at radius 3 is 2.41 bits per heavy atom. The quantitative estimate of drug-likeness (QED) is 0.757. The van der Waals surface area contributed by atoms with Gasteiger partial charge in [0, 0.05) is 15.7 Å². The van der Waals surface area contributed by atoms with Crippen molar-refractivity contribution >= 4 is 56.7 Å². The van der Waals surface area contributed by atoms with Gasteiger partial charge in [-0.05, 0) is 53.2 Å². The Bertz CT molecular complexity index is 696. The van der Waals surface area contributed by atoms with Crippen LogP contribution in [0.3, 0.4) is 0 Å². The van der Waals surface area contributed by atoms with E-state index in [0.717, 1.165) is 0 Å². The van der Waals surface area contributed by atoms with E-state index in [4.69, 9.17) is 32.4 Å². The molecule has 2 aromatic rings. The van der Waals surface area contributed by atoms with Crippen LogP contribution >= 0.6 is 39.1 Å². The fourth-order valence-electron chi connectivity index (χ4n) is 1.57. The second kappa shape index (κ2) is 7.17. The first-order chi connectivity index (χ1) is 10.3. The maximum Gasteiger partial charge on any atom is 0.375 e. The minimum atomic E-state index is -1.02. The van der Waals surface area contributed by atoms with Crippen LogP contribution in [0, 0.1) is 0 Å². The zero-order chi connectivity index (χ0) is 16.3. The maximum absolute atomic E-state index is 12.0. The minimum Gasteiger partial charge on any atom is -0.447 e. The lowest BCUT2D eigenvalue weighted by Gasteiger charge is -2.13. The molecule has 1 atom stereocenters. The SMILES string of the molecule is CC(OC(=O)c1ccc(Br)o1)C(=O)Nc1cc(Cl)cc(Cl)c1. The summed E-state index contributed by atoms with van der Waals surface area (Å²) in [5, 5.41) is 3.33. The molecule has 22 heavy (non-hydrogen) atoms. The summed E-state index contributed by atoms with van der Waals surface area (Å²) < 4.78 is 10.5. The molecule has 0 spiro atoms. The van der Waals surface area contributed by atoms with Crippen molar-refractivity contribution in [1.82, 2.24) is 0 Å². The summed E-state index contributed by atoms with van der Waals surface area (Å²) in [6.45, 7) is 1.44. The van der Waals surface area contributed by atoms with E-state index < -0.39 is 18.0 Å². The number of esters is 1. The predicted octanol–water partition coefficient (Wildman–Crippen LogP) is 4.53. The standard InChI is InChI=1S/C14H10BrCl2NO4/c1-7(21-14(20)11-2-3-12(15)22-11)13(19)18-10-5-8(16)4-9(17)6-10/h2-7H,1H3,(H,18,19). The number of ether oxygens (including phenoxy) is 1. The van der Waals surface area contributed by atoms with Gasteiger partial charge >= 0.3 is 5.97 Å². The summed E-state index contributed by atoms with van der Waals surface area (Å²) in [6, 6.07) is 7.59. The second-order valence-electron chi connectivity index (χ2n) is 4.30. The molecule has 1 heterocycles. The molecule has 0 radical (unpaired) electrons. The maximum atomic E-state index is 12.0. The minimum absolute atomic E-state index is 0.00248. The van der Waals surface area contributed by atoms with Crippen molar-refractivity contribution in [2.24, 2.45) is 0 Å². The van der Waals surface area contributed by atoms with E-state index in [9.17, 15) is 9.59 Å². The number of rotatable bonds is 4. The van der Waals surface area contributed by atoms with Crippen LogP contribution < -0.4 is 5.32 Å². The molecule has 0 aliphatic carbocycles. The molecule has 0 fully saturated rings. The monoisotopic (exact) mass is 405 g/mol. The smallest absolute Gasteiger partial charge is 0.375 e. The summed E-state index contributed by atoms with van der Waals surface area (Å²) in [6.07, 6.45) is -1.02. The highest BCUT2D eigenvalue weighted by Crippen LogP contribution is 2.22. The average Bonchev–Trinajstić information content (AvgIpc) is 2.84. The van der Waals surface area contributed by atoms with E-state index >= 15 is 0 Å². The number of anilines is 1. The van der Waals surface area contributed by atoms with Crippen molar-refractivity contribution in [2.75, 3.05) is 5.32 Å². The van der Waals surface area contributed by atoms with Gasteiger partial charge in [0.2, 0.25) is 5.76 Å². The number of hydrogen-bond acceptors (Lipinski definition) is 4. The third-order valence-electron chi connectivity index (χ3n) is 2.56. The van der Waals surface area contributed by atoms with Crippen molar-refractivity contribution in [2.45, 2.75) is 13.0 Å². The van der Waals surface area contributed by atoms with Crippen molar-refractivity contribution < 1.29 is 18.7 Å². The molecule has 1 aromatic carbocycles. The van der Waals surface area contributed by atoms with E-state index in [1.807, 2.05) is 0 Å². The van der Waals surface area contributed by atoms with Gasteiger partial charge in [0.15, 0.2) is 10.8 Å². The molecule has 0 bridgehead atoms. The summed E-state index contributed by atoms with van der Waals surface area (Å²) in [7, 11) is 0. The Labute approximate surface area is 144 Å². The normalized spacial score (nSPS) is 11.8. The number of hydrogen-bond donors (Lipinski definition) is 1. The molecule has 1 N–H and O–H groups in total. The van der Waals surface area contributed by atoms with E-state index in [-0.39, 0.29) is 5.76 Å². The van der Waals surface area contributed by atoms with Crippen molar-refractivity contribution in [3.63, 3.8) is 0 Å². The topological polar surface area (TPSA) is 68.5 Å². The van der Waals surface area contributed by atoms with Gasteiger partial charge in [-0.15, -0.1) is 0 Å². The Morgan fingerprint density at radius 2 is 1.86 bits per heavy atom. The Hall–Kier alpha value is -1.50. The molecule has 5 nitrogen and oxygen atoms in total. The van der Waals surface area contributed by atoms with E-state index in [1.165, 1.54) is 31.2 Å². The molecule has 0 saturated carbocycles. The van der Waals surface area contributed by atoms with Crippen molar-refractivity contribution in [1.29, 1.82) is 0 Å². The lowest BCUT2D eigenvalue weighted by Crippen LogP contribution is -2.29. The van der Waals surface area contributed by atoms with Crippen LogP contribution in [0.25, 0.3) is 0 Å². The second-order valence-corrected chi connectivity index (χ2v) is 5.95. The van der Waals surface area contributed by atoms with Gasteiger partial charge in [0.25, 0.3) is 5.91 Å².